The predicted molar refractivity (Wildman–Crippen MR) is 131 cm³/mol. The number of rotatable bonds is 4. The minimum Gasteiger partial charge on any atom is -0.507 e. The largest absolute Gasteiger partial charge is 0.507 e. The molecule has 3 N–H and O–H groups in total. The van der Waals surface area contributed by atoms with Gasteiger partial charge in [0.05, 0.1) is 9.40 Å². The fourth-order valence-electron chi connectivity index (χ4n) is 2.90. The number of phenols is 1. The maximum Gasteiger partial charge on any atom is 0.288 e. The highest BCUT2D eigenvalue weighted by Gasteiger charge is 2.17. The van der Waals surface area contributed by atoms with Crippen LogP contribution in [-0.4, -0.2) is 26.0 Å². The van der Waals surface area contributed by atoms with Gasteiger partial charge in [-0.15, -0.1) is 0 Å². The molecule has 0 aliphatic rings. The first-order chi connectivity index (χ1) is 15.7. The Bertz CT molecular complexity index is 1440. The predicted octanol–water partition coefficient (Wildman–Crippen LogP) is 5.65. The second-order valence-corrected chi connectivity index (χ2v) is 8.37. The van der Waals surface area contributed by atoms with E-state index in [1.807, 2.05) is 0 Å². The summed E-state index contributed by atoms with van der Waals surface area (Å²) in [6, 6.07) is 13.7. The molecule has 3 aromatic carbocycles. The summed E-state index contributed by atoms with van der Waals surface area (Å²) in [7, 11) is 0. The van der Waals surface area contributed by atoms with E-state index in [-0.39, 0.29) is 27.1 Å². The van der Waals surface area contributed by atoms with Crippen LogP contribution < -0.4 is 10.6 Å². The summed E-state index contributed by atoms with van der Waals surface area (Å²) < 4.78 is 6.27. The summed E-state index contributed by atoms with van der Waals surface area (Å²) in [6.07, 6.45) is 0. The van der Waals surface area contributed by atoms with Crippen molar-refractivity contribution >= 4 is 73.2 Å². The van der Waals surface area contributed by atoms with E-state index in [0.717, 1.165) is 6.07 Å². The Balaban J connectivity index is 1.49. The van der Waals surface area contributed by atoms with Gasteiger partial charge in [-0.25, -0.2) is 4.98 Å². The number of halogens is 2. The number of aromatic hydroxyl groups is 1. The minimum atomic E-state index is -0.673. The van der Waals surface area contributed by atoms with Gasteiger partial charge in [0.25, 0.3) is 11.6 Å². The molecule has 1 amide bonds. The van der Waals surface area contributed by atoms with Gasteiger partial charge in [-0.3, -0.25) is 20.2 Å². The van der Waals surface area contributed by atoms with Gasteiger partial charge >= 0.3 is 0 Å². The summed E-state index contributed by atoms with van der Waals surface area (Å²) in [5.74, 6) is -0.164. The molecule has 0 aliphatic carbocycles. The van der Waals surface area contributed by atoms with Crippen molar-refractivity contribution in [2.45, 2.75) is 0 Å². The van der Waals surface area contributed by atoms with Crippen molar-refractivity contribution in [1.82, 2.24) is 10.3 Å². The first-order valence-corrected chi connectivity index (χ1v) is 10.7. The number of benzene rings is 3. The zero-order chi connectivity index (χ0) is 23.7. The number of phenolic OH excluding ortho intramolecular Hbond substituents is 1. The van der Waals surface area contributed by atoms with Gasteiger partial charge in [0, 0.05) is 22.9 Å². The van der Waals surface area contributed by atoms with E-state index in [4.69, 9.17) is 28.2 Å². The van der Waals surface area contributed by atoms with Crippen LogP contribution in [0.3, 0.4) is 0 Å². The number of hydrogen-bond donors (Lipinski definition) is 3. The van der Waals surface area contributed by atoms with Gasteiger partial charge in [0.15, 0.2) is 10.7 Å². The maximum absolute atomic E-state index is 12.4. The van der Waals surface area contributed by atoms with Crippen molar-refractivity contribution in [2.75, 3.05) is 5.32 Å². The van der Waals surface area contributed by atoms with Crippen LogP contribution in [0.1, 0.15) is 10.4 Å². The fourth-order valence-corrected chi connectivity index (χ4v) is 3.68. The number of aromatic nitrogens is 1. The zero-order valence-electron chi connectivity index (χ0n) is 16.3. The lowest BCUT2D eigenvalue weighted by Crippen LogP contribution is -2.34. The Labute approximate surface area is 204 Å². The smallest absolute Gasteiger partial charge is 0.288 e. The summed E-state index contributed by atoms with van der Waals surface area (Å²) in [6.45, 7) is 0. The molecule has 1 heterocycles. The lowest BCUT2D eigenvalue weighted by atomic mass is 10.2. The van der Waals surface area contributed by atoms with Crippen LogP contribution in [0.25, 0.3) is 22.6 Å². The Kier molecular flexibility index (Phi) is 6.27. The van der Waals surface area contributed by atoms with Crippen LogP contribution >= 0.6 is 39.7 Å². The number of oxazole rings is 1. The average Bonchev–Trinajstić information content (AvgIpc) is 3.19. The van der Waals surface area contributed by atoms with E-state index >= 15 is 0 Å². The lowest BCUT2D eigenvalue weighted by molar-refractivity contribution is -0.384. The summed E-state index contributed by atoms with van der Waals surface area (Å²) in [5.41, 5.74) is 1.94. The SMILES string of the molecule is O=C(NC(=S)Nc1ccc2oc(-c3ccc(O)c(Br)c3)nc2c1)c1ccc(Cl)c([N+](=O)[O-])c1. The second-order valence-electron chi connectivity index (χ2n) is 6.70. The first kappa shape index (κ1) is 22.6. The molecular weight excluding hydrogens is 536 g/mol. The second kappa shape index (κ2) is 9.14. The third-order valence-electron chi connectivity index (χ3n) is 4.47. The number of hydrogen-bond acceptors (Lipinski definition) is 7. The molecule has 9 nitrogen and oxygen atoms in total. The van der Waals surface area contributed by atoms with Gasteiger partial charge in [0.1, 0.15) is 16.3 Å². The molecule has 0 radical (unpaired) electrons. The summed E-state index contributed by atoms with van der Waals surface area (Å²) >= 11 is 14.2. The highest BCUT2D eigenvalue weighted by atomic mass is 79.9. The number of thiocarbonyl (C=S) groups is 1. The zero-order valence-corrected chi connectivity index (χ0v) is 19.5. The molecule has 0 atom stereocenters. The highest BCUT2D eigenvalue weighted by molar-refractivity contribution is 9.10. The van der Waals surface area contributed by atoms with Crippen LogP contribution in [0.5, 0.6) is 5.75 Å². The Morgan fingerprint density at radius 2 is 1.97 bits per heavy atom. The third-order valence-corrected chi connectivity index (χ3v) is 5.63. The molecule has 33 heavy (non-hydrogen) atoms. The third kappa shape index (κ3) is 4.95. The van der Waals surface area contributed by atoms with E-state index in [2.05, 4.69) is 31.5 Å². The van der Waals surface area contributed by atoms with Gasteiger partial charge in [0.2, 0.25) is 5.89 Å². The van der Waals surface area contributed by atoms with Crippen molar-refractivity contribution < 1.29 is 19.2 Å². The van der Waals surface area contributed by atoms with Gasteiger partial charge in [-0.1, -0.05) is 11.6 Å². The first-order valence-electron chi connectivity index (χ1n) is 9.17. The van der Waals surface area contributed by atoms with Gasteiger partial charge in [-0.2, -0.15) is 0 Å². The fraction of sp³-hybridized carbons (Fsp3) is 0. The average molecular weight is 548 g/mol. The number of amides is 1. The van der Waals surface area contributed by atoms with E-state index < -0.39 is 10.8 Å². The number of fused-ring (bicyclic) bond motifs is 1. The number of nitro groups is 1. The molecule has 4 rings (SSSR count). The van der Waals surface area contributed by atoms with E-state index in [1.54, 1.807) is 30.3 Å². The van der Waals surface area contributed by atoms with E-state index in [1.165, 1.54) is 18.2 Å². The molecule has 1 aromatic heterocycles. The van der Waals surface area contributed by atoms with Gasteiger partial charge < -0.3 is 14.8 Å². The van der Waals surface area contributed by atoms with Crippen molar-refractivity contribution in [3.8, 4) is 17.2 Å². The lowest BCUT2D eigenvalue weighted by Gasteiger charge is -2.09. The van der Waals surface area contributed by atoms with Crippen molar-refractivity contribution in [3.63, 3.8) is 0 Å². The monoisotopic (exact) mass is 546 g/mol. The summed E-state index contributed by atoms with van der Waals surface area (Å²) in [4.78, 5) is 27.2. The number of nitro benzene ring substituents is 1. The molecule has 0 fully saturated rings. The van der Waals surface area contributed by atoms with Crippen molar-refractivity contribution in [3.05, 3.63) is 79.8 Å². The minimum absolute atomic E-state index is 0.0110. The maximum atomic E-state index is 12.4. The normalized spacial score (nSPS) is 10.7. The molecular formula is C21H12BrClN4O5S. The van der Waals surface area contributed by atoms with Crippen LogP contribution in [-0.2, 0) is 0 Å². The number of carbonyl (C=O) groups is 1. The highest BCUT2D eigenvalue weighted by Crippen LogP contribution is 2.31. The van der Waals surface area contributed by atoms with Crippen LogP contribution in [0, 0.1) is 10.1 Å². The Morgan fingerprint density at radius 1 is 1.18 bits per heavy atom. The molecule has 0 aliphatic heterocycles. The molecule has 0 saturated heterocycles. The van der Waals surface area contributed by atoms with Crippen LogP contribution in [0.4, 0.5) is 11.4 Å². The number of nitrogens with zero attached hydrogens (tertiary/aromatic N) is 2. The molecule has 12 heteroatoms. The molecule has 0 saturated carbocycles. The molecule has 4 aromatic rings. The standard InChI is InChI=1S/C21H12BrClN4O5S/c22-13-7-11(2-5-17(13)28)20-25-15-9-12(3-6-18(15)32-20)24-21(33)26-19(29)10-1-4-14(23)16(8-10)27(30)31/h1-9,28H,(H2,24,26,29,33). The number of carbonyl (C=O) groups excluding carboxylic acids is 1. The van der Waals surface area contributed by atoms with Crippen molar-refractivity contribution in [2.24, 2.45) is 0 Å². The van der Waals surface area contributed by atoms with Gasteiger partial charge in [-0.05, 0) is 76.7 Å². The molecule has 0 spiro atoms. The molecule has 0 bridgehead atoms. The van der Waals surface area contributed by atoms with E-state index in [9.17, 15) is 20.0 Å². The topological polar surface area (TPSA) is 131 Å². The quantitative estimate of drug-likeness (QED) is 0.170. The Hall–Kier alpha value is -3.54. The van der Waals surface area contributed by atoms with Crippen LogP contribution in [0.2, 0.25) is 5.02 Å². The molecule has 166 valence electrons. The number of nitrogens with one attached hydrogen (secondary N) is 2. The Morgan fingerprint density at radius 3 is 2.70 bits per heavy atom. The van der Waals surface area contributed by atoms with Crippen LogP contribution in [0.15, 0.2) is 63.5 Å². The van der Waals surface area contributed by atoms with E-state index in [0.29, 0.717) is 32.7 Å². The van der Waals surface area contributed by atoms with Crippen molar-refractivity contribution in [1.29, 1.82) is 0 Å². The molecule has 0 unspecified atom stereocenters. The summed E-state index contributed by atoms with van der Waals surface area (Å²) in [5, 5.41) is 25.9. The number of anilines is 1.